The molecule has 2 aromatic heterocycles. The van der Waals surface area contributed by atoms with Gasteiger partial charge in [0, 0.05) is 6.20 Å². The number of carbonyl (C=O) groups excluding carboxylic acids is 1. The van der Waals surface area contributed by atoms with Crippen LogP contribution in [0, 0.1) is 0 Å². The Bertz CT molecular complexity index is 830. The van der Waals surface area contributed by atoms with E-state index in [0.717, 1.165) is 15.9 Å². The Hall–Kier alpha value is -3.10. The third kappa shape index (κ3) is 4.93. The van der Waals surface area contributed by atoms with E-state index in [1.54, 1.807) is 17.1 Å². The molecule has 0 bridgehead atoms. The van der Waals surface area contributed by atoms with Crippen molar-refractivity contribution in [1.82, 2.24) is 24.8 Å². The van der Waals surface area contributed by atoms with Crippen molar-refractivity contribution in [2.24, 2.45) is 0 Å². The van der Waals surface area contributed by atoms with Crippen molar-refractivity contribution in [2.45, 2.75) is 25.9 Å². The average Bonchev–Trinajstić information content (AvgIpc) is 3.17. The van der Waals surface area contributed by atoms with Gasteiger partial charge in [-0.25, -0.2) is 8.78 Å². The van der Waals surface area contributed by atoms with Crippen molar-refractivity contribution in [3.05, 3.63) is 60.0 Å². The van der Waals surface area contributed by atoms with Crippen LogP contribution in [0.5, 0.6) is 0 Å². The number of halogens is 2. The van der Waals surface area contributed by atoms with Crippen LogP contribution >= 0.6 is 0 Å². The lowest BCUT2D eigenvalue weighted by Gasteiger charge is -2.01. The summed E-state index contributed by atoms with van der Waals surface area (Å²) >= 11 is 0. The maximum Gasteiger partial charge on any atom is 0.259 e. The van der Waals surface area contributed by atoms with Gasteiger partial charge in [-0.1, -0.05) is 30.3 Å². The first-order valence-corrected chi connectivity index (χ1v) is 7.62. The van der Waals surface area contributed by atoms with Gasteiger partial charge in [0.15, 0.2) is 5.82 Å². The zero-order valence-corrected chi connectivity index (χ0v) is 13.2. The third-order valence-electron chi connectivity index (χ3n) is 3.34. The monoisotopic (exact) mass is 346 g/mol. The van der Waals surface area contributed by atoms with E-state index in [0.29, 0.717) is 6.54 Å². The summed E-state index contributed by atoms with van der Waals surface area (Å²) in [5.41, 5.74) is 1.85. The van der Waals surface area contributed by atoms with Gasteiger partial charge < -0.3 is 5.32 Å². The molecule has 0 spiro atoms. The van der Waals surface area contributed by atoms with Crippen molar-refractivity contribution in [1.29, 1.82) is 0 Å². The van der Waals surface area contributed by atoms with Crippen LogP contribution in [-0.4, -0.2) is 37.1 Å². The number of amides is 1. The zero-order chi connectivity index (χ0) is 17.6. The number of carbonyl (C=O) groups is 1. The second-order valence-corrected chi connectivity index (χ2v) is 5.43. The maximum atomic E-state index is 12.2. The normalized spacial score (nSPS) is 11.0. The minimum Gasteiger partial charge on any atom is -0.308 e. The van der Waals surface area contributed by atoms with Crippen LogP contribution in [0.4, 0.5) is 14.6 Å². The molecule has 2 heterocycles. The van der Waals surface area contributed by atoms with Gasteiger partial charge in [0.1, 0.15) is 6.54 Å². The van der Waals surface area contributed by atoms with Gasteiger partial charge in [0.25, 0.3) is 6.43 Å². The molecule has 0 saturated heterocycles. The minimum absolute atomic E-state index is 0.108. The highest BCUT2D eigenvalue weighted by Crippen LogP contribution is 2.07. The van der Waals surface area contributed by atoms with Crippen LogP contribution in [0.1, 0.15) is 11.1 Å². The van der Waals surface area contributed by atoms with Gasteiger partial charge >= 0.3 is 0 Å². The Labute approximate surface area is 142 Å². The number of nitrogens with one attached hydrogen (secondary N) is 1. The van der Waals surface area contributed by atoms with E-state index in [4.69, 9.17) is 0 Å². The molecule has 0 radical (unpaired) electrons. The number of rotatable bonds is 7. The van der Waals surface area contributed by atoms with Gasteiger partial charge in [-0.05, 0) is 11.1 Å². The van der Waals surface area contributed by atoms with Crippen molar-refractivity contribution in [3.63, 3.8) is 0 Å². The summed E-state index contributed by atoms with van der Waals surface area (Å²) in [4.78, 5) is 12.9. The van der Waals surface area contributed by atoms with Gasteiger partial charge in [-0.2, -0.15) is 15.0 Å². The van der Waals surface area contributed by atoms with Crippen molar-refractivity contribution < 1.29 is 13.6 Å². The highest BCUT2D eigenvalue weighted by molar-refractivity contribution is 5.91. The quantitative estimate of drug-likeness (QED) is 0.709. The van der Waals surface area contributed by atoms with Gasteiger partial charge in [-0.15, -0.1) is 5.10 Å². The Balaban J connectivity index is 1.54. The lowest BCUT2D eigenvalue weighted by atomic mass is 10.2. The van der Waals surface area contributed by atoms with Gasteiger partial charge in [-0.3, -0.25) is 9.48 Å². The standard InChI is InChI=1S/C16H16F2N6O/c17-14(18)11-24-20-8-15(22-24)21-16(25)6-13-7-19-23(10-13)9-12-4-2-1-3-5-12/h1-5,7-8,10,14H,6,9,11H2,(H,21,22,25). The van der Waals surface area contributed by atoms with Crippen LogP contribution in [0.2, 0.25) is 0 Å². The van der Waals surface area contributed by atoms with Crippen LogP contribution < -0.4 is 5.32 Å². The Morgan fingerprint density at radius 1 is 1.12 bits per heavy atom. The number of nitrogens with zero attached hydrogens (tertiary/aromatic N) is 5. The molecule has 1 aromatic carbocycles. The van der Waals surface area contributed by atoms with Gasteiger partial charge in [0.2, 0.25) is 5.91 Å². The first-order chi connectivity index (χ1) is 12.1. The third-order valence-corrected chi connectivity index (χ3v) is 3.34. The molecule has 7 nitrogen and oxygen atoms in total. The van der Waals surface area contributed by atoms with E-state index < -0.39 is 13.0 Å². The van der Waals surface area contributed by atoms with Crippen LogP contribution in [0.15, 0.2) is 48.9 Å². The van der Waals surface area contributed by atoms with E-state index >= 15 is 0 Å². The maximum absolute atomic E-state index is 12.2. The van der Waals surface area contributed by atoms with E-state index in [1.165, 1.54) is 6.20 Å². The molecule has 3 aromatic rings. The molecule has 25 heavy (non-hydrogen) atoms. The van der Waals surface area contributed by atoms with E-state index in [9.17, 15) is 13.6 Å². The number of benzene rings is 1. The fraction of sp³-hybridized carbons (Fsp3) is 0.250. The molecule has 130 valence electrons. The first-order valence-electron chi connectivity index (χ1n) is 7.62. The molecule has 0 saturated carbocycles. The number of aromatic nitrogens is 5. The predicted octanol–water partition coefficient (Wildman–Crippen LogP) is 1.97. The molecule has 0 aliphatic carbocycles. The highest BCUT2D eigenvalue weighted by atomic mass is 19.3. The van der Waals surface area contributed by atoms with Crippen molar-refractivity contribution in [3.8, 4) is 0 Å². The second-order valence-electron chi connectivity index (χ2n) is 5.43. The molecule has 0 aliphatic rings. The summed E-state index contributed by atoms with van der Waals surface area (Å²) in [7, 11) is 0. The molecule has 0 atom stereocenters. The molecule has 0 unspecified atom stereocenters. The Kier molecular flexibility index (Phi) is 5.12. The van der Waals surface area contributed by atoms with E-state index in [2.05, 4.69) is 20.6 Å². The topological polar surface area (TPSA) is 77.6 Å². The molecular formula is C16H16F2N6O. The van der Waals surface area contributed by atoms with E-state index in [-0.39, 0.29) is 18.1 Å². The number of alkyl halides is 2. The first kappa shape index (κ1) is 16.7. The second kappa shape index (κ2) is 7.65. The molecule has 1 N–H and O–H groups in total. The largest absolute Gasteiger partial charge is 0.308 e. The summed E-state index contributed by atoms with van der Waals surface area (Å²) in [6.07, 6.45) is 2.21. The minimum atomic E-state index is -2.55. The number of anilines is 1. The van der Waals surface area contributed by atoms with Crippen LogP contribution in [-0.2, 0) is 24.3 Å². The smallest absolute Gasteiger partial charge is 0.259 e. The molecule has 3 rings (SSSR count). The molecule has 9 heteroatoms. The summed E-state index contributed by atoms with van der Waals surface area (Å²) in [5, 5.41) is 14.2. The van der Waals surface area contributed by atoms with Crippen molar-refractivity contribution >= 4 is 11.7 Å². The van der Waals surface area contributed by atoms with E-state index in [1.807, 2.05) is 30.3 Å². The fourth-order valence-corrected chi connectivity index (χ4v) is 2.29. The van der Waals surface area contributed by atoms with Gasteiger partial charge in [0.05, 0.1) is 25.4 Å². The summed E-state index contributed by atoms with van der Waals surface area (Å²) in [6.45, 7) is 0.00649. The molecule has 0 fully saturated rings. The highest BCUT2D eigenvalue weighted by Gasteiger charge is 2.11. The number of hydrogen-bond donors (Lipinski definition) is 1. The average molecular weight is 346 g/mol. The Morgan fingerprint density at radius 3 is 2.68 bits per heavy atom. The molecule has 0 aliphatic heterocycles. The summed E-state index contributed by atoms with van der Waals surface area (Å²) in [6, 6.07) is 9.84. The number of hydrogen-bond acceptors (Lipinski definition) is 4. The van der Waals surface area contributed by atoms with Crippen LogP contribution in [0.25, 0.3) is 0 Å². The van der Waals surface area contributed by atoms with Crippen molar-refractivity contribution in [2.75, 3.05) is 5.32 Å². The zero-order valence-electron chi connectivity index (χ0n) is 13.2. The van der Waals surface area contributed by atoms with Crippen LogP contribution in [0.3, 0.4) is 0 Å². The summed E-state index contributed by atoms with van der Waals surface area (Å²) in [5.74, 6) is -0.175. The molecule has 1 amide bonds. The predicted molar refractivity (Wildman–Crippen MR) is 86.1 cm³/mol. The summed E-state index contributed by atoms with van der Waals surface area (Å²) < 4.78 is 26.2. The SMILES string of the molecule is O=C(Cc1cnn(Cc2ccccc2)c1)Nc1cnn(CC(F)F)n1. The fourth-order valence-electron chi connectivity index (χ4n) is 2.29. The molecular weight excluding hydrogens is 330 g/mol. The lowest BCUT2D eigenvalue weighted by molar-refractivity contribution is -0.115. The lowest BCUT2D eigenvalue weighted by Crippen LogP contribution is -2.15. The Morgan fingerprint density at radius 2 is 1.92 bits per heavy atom.